The van der Waals surface area contributed by atoms with Crippen molar-refractivity contribution < 1.29 is 42.2 Å². The molecule has 4 saturated heterocycles. The normalized spacial score (nSPS) is 21.0. The fourth-order valence-corrected chi connectivity index (χ4v) is 9.01. The van der Waals surface area contributed by atoms with Gasteiger partial charge in [-0.15, -0.1) is 0 Å². The van der Waals surface area contributed by atoms with Crippen LogP contribution in [0.15, 0.2) is 55.2 Å². The summed E-state index contributed by atoms with van der Waals surface area (Å²) in [4.78, 5) is 85.1. The van der Waals surface area contributed by atoms with Crippen LogP contribution in [0, 0.1) is 0 Å². The predicted molar refractivity (Wildman–Crippen MR) is 226 cm³/mol. The maximum absolute atomic E-state index is 14.2. The van der Waals surface area contributed by atoms with Gasteiger partial charge in [0.2, 0.25) is 17.8 Å². The Kier molecular flexibility index (Phi) is 11.3. The number of carbonyl (C=O) groups excluding carboxylic acids is 5. The minimum atomic E-state index is -2.97. The van der Waals surface area contributed by atoms with E-state index >= 15 is 0 Å². The molecule has 0 aliphatic carbocycles. The van der Waals surface area contributed by atoms with Crippen molar-refractivity contribution in [3.63, 3.8) is 0 Å². The Morgan fingerprint density at radius 1 is 1.00 bits per heavy atom. The maximum atomic E-state index is 14.2. The van der Waals surface area contributed by atoms with Gasteiger partial charge in [-0.2, -0.15) is 10.2 Å². The Hall–Kier alpha value is -6.98. The number of hydrogen-bond acceptors (Lipinski definition) is 16. The molecule has 5 amide bonds. The number of imide groups is 2. The number of piperazine rings is 1. The molecule has 21 nitrogen and oxygen atoms in total. The van der Waals surface area contributed by atoms with Crippen LogP contribution in [0.4, 0.5) is 31.9 Å². The van der Waals surface area contributed by atoms with Crippen molar-refractivity contribution in [2.75, 3.05) is 86.1 Å². The van der Waals surface area contributed by atoms with Crippen LogP contribution in [0.5, 0.6) is 0 Å². The lowest BCUT2D eigenvalue weighted by atomic mass is 10.0. The fourth-order valence-electron chi connectivity index (χ4n) is 9.01. The maximum Gasteiger partial charge on any atom is 0.284 e. The lowest BCUT2D eigenvalue weighted by Gasteiger charge is -2.34. The van der Waals surface area contributed by atoms with Gasteiger partial charge in [-0.05, 0) is 37.5 Å². The number of hydrogen-bond donors (Lipinski definition) is 3. The van der Waals surface area contributed by atoms with E-state index in [2.05, 4.69) is 45.9 Å². The molecular formula is C42H44F2N14O7. The standard InChI is InChI=1S/C42H44F2N14O7/c43-36(44)35-30(49-38(60)28-20-48-56-10-7-32(50-37(28)56)55-21-26-17-24(55)23-65-26)22-57(52-35)25-18-46-42(47-19-25)54-13-11-53(12-14-54)9-2-15-64-16-8-45-29-4-1-3-27-34(29)41(63)58(40(27)62)31-5-6-33(59)51-39(31)61/h1,3-4,7,10,18-20,22,24,26,31,36,45H,2,5-6,8-9,11-17,21,23H2,(H,49,60)(H,51,59,61)/t24-,26-,31?/m1/s1. The number of morpholine rings is 1. The molecule has 5 aliphatic heterocycles. The Bertz CT molecular complexity index is 2670. The van der Waals surface area contributed by atoms with Crippen LogP contribution in [0.3, 0.4) is 0 Å². The number of carbonyl (C=O) groups is 5. The number of aromatic nitrogens is 7. The largest absolute Gasteiger partial charge is 0.382 e. The monoisotopic (exact) mass is 894 g/mol. The highest BCUT2D eigenvalue weighted by Crippen LogP contribution is 2.34. The molecule has 2 bridgehead atoms. The summed E-state index contributed by atoms with van der Waals surface area (Å²) < 4.78 is 42.7. The van der Waals surface area contributed by atoms with Crippen molar-refractivity contribution in [2.45, 2.75) is 50.3 Å². The van der Waals surface area contributed by atoms with Crippen LogP contribution in [-0.4, -0.2) is 158 Å². The number of ether oxygens (including phenoxy) is 2. The molecule has 0 spiro atoms. The Labute approximate surface area is 369 Å². The zero-order valence-corrected chi connectivity index (χ0v) is 34.9. The lowest BCUT2D eigenvalue weighted by molar-refractivity contribution is -0.136. The molecule has 1 unspecified atom stereocenters. The van der Waals surface area contributed by atoms with Gasteiger partial charge in [0.15, 0.2) is 11.3 Å². The number of alkyl halides is 2. The summed E-state index contributed by atoms with van der Waals surface area (Å²) in [5.41, 5.74) is 0.882. The summed E-state index contributed by atoms with van der Waals surface area (Å²) in [5, 5.41) is 16.3. The Morgan fingerprint density at radius 2 is 1.83 bits per heavy atom. The lowest BCUT2D eigenvalue weighted by Crippen LogP contribution is -2.54. The van der Waals surface area contributed by atoms with Gasteiger partial charge < -0.3 is 29.9 Å². The van der Waals surface area contributed by atoms with Gasteiger partial charge >= 0.3 is 0 Å². The van der Waals surface area contributed by atoms with Crippen LogP contribution >= 0.6 is 0 Å². The number of rotatable bonds is 15. The zero-order chi connectivity index (χ0) is 44.8. The molecule has 23 heteroatoms. The summed E-state index contributed by atoms with van der Waals surface area (Å²) in [6.07, 6.45) is 6.41. The summed E-state index contributed by atoms with van der Waals surface area (Å²) in [5.74, 6) is -1.68. The molecule has 5 aliphatic rings. The quantitative estimate of drug-likeness (QED) is 0.101. The van der Waals surface area contributed by atoms with E-state index in [-0.39, 0.29) is 47.4 Å². The number of nitrogens with zero attached hydrogens (tertiary/aromatic N) is 11. The molecule has 65 heavy (non-hydrogen) atoms. The van der Waals surface area contributed by atoms with Gasteiger partial charge in [-0.1, -0.05) is 6.07 Å². The van der Waals surface area contributed by atoms with E-state index < -0.39 is 47.7 Å². The van der Waals surface area contributed by atoms with Crippen LogP contribution in [0.25, 0.3) is 11.3 Å². The summed E-state index contributed by atoms with van der Waals surface area (Å²) in [7, 11) is 0. The minimum absolute atomic E-state index is 0.0499. The second kappa shape index (κ2) is 17.5. The number of benzene rings is 1. The predicted octanol–water partition coefficient (Wildman–Crippen LogP) is 1.91. The van der Waals surface area contributed by atoms with Gasteiger partial charge in [0.25, 0.3) is 24.1 Å². The van der Waals surface area contributed by atoms with E-state index in [1.807, 2.05) is 11.0 Å². The molecule has 3 atom stereocenters. The SMILES string of the molecule is O=C1CCC(N2C(=O)c3cccc(NCCOCCCN4CCN(c5ncc(-n6cc(NC(=O)c7cnn8ccc(N9C[C@H]%10C[C@@H]9CO%10)nc78)c(C(F)F)n6)cn5)CC4)c3C2=O)C(=O)N1. The first-order chi connectivity index (χ1) is 31.6. The Morgan fingerprint density at radius 3 is 2.58 bits per heavy atom. The molecule has 0 radical (unpaired) electrons. The van der Waals surface area contributed by atoms with Crippen molar-refractivity contribution in [3.8, 4) is 5.69 Å². The molecule has 4 fully saturated rings. The van der Waals surface area contributed by atoms with E-state index in [0.29, 0.717) is 74.8 Å². The van der Waals surface area contributed by atoms with Crippen LogP contribution in [-0.2, 0) is 19.1 Å². The first-order valence-electron chi connectivity index (χ1n) is 21.5. The molecule has 10 rings (SSSR count). The first-order valence-corrected chi connectivity index (χ1v) is 21.5. The average Bonchev–Trinajstić information content (AvgIpc) is 4.16. The second-order valence-corrected chi connectivity index (χ2v) is 16.4. The van der Waals surface area contributed by atoms with Gasteiger partial charge in [0, 0.05) is 70.7 Å². The third kappa shape index (κ3) is 8.21. The number of amides is 5. The van der Waals surface area contributed by atoms with E-state index in [1.165, 1.54) is 34.0 Å². The third-order valence-corrected chi connectivity index (χ3v) is 12.3. The average molecular weight is 895 g/mol. The van der Waals surface area contributed by atoms with Crippen molar-refractivity contribution in [2.24, 2.45) is 0 Å². The molecule has 0 saturated carbocycles. The second-order valence-electron chi connectivity index (χ2n) is 16.4. The van der Waals surface area contributed by atoms with Crippen molar-refractivity contribution >= 4 is 58.3 Å². The molecule has 5 aromatic rings. The van der Waals surface area contributed by atoms with Crippen molar-refractivity contribution in [3.05, 3.63) is 77.6 Å². The van der Waals surface area contributed by atoms with Crippen molar-refractivity contribution in [1.29, 1.82) is 0 Å². The van der Waals surface area contributed by atoms with E-state index in [1.54, 1.807) is 24.4 Å². The van der Waals surface area contributed by atoms with E-state index in [9.17, 15) is 32.8 Å². The first kappa shape index (κ1) is 42.0. The number of fused-ring (bicyclic) bond motifs is 4. The van der Waals surface area contributed by atoms with Gasteiger partial charge in [0.1, 0.15) is 23.1 Å². The number of piperidine rings is 1. The number of anilines is 4. The fraction of sp³-hybridized carbons (Fsp3) is 0.429. The molecule has 4 aromatic heterocycles. The third-order valence-electron chi connectivity index (χ3n) is 12.3. The highest BCUT2D eigenvalue weighted by Gasteiger charge is 2.46. The summed E-state index contributed by atoms with van der Waals surface area (Å²) >= 11 is 0. The minimum Gasteiger partial charge on any atom is -0.382 e. The summed E-state index contributed by atoms with van der Waals surface area (Å²) in [6.45, 7) is 6.29. The molecule has 1 aromatic carbocycles. The van der Waals surface area contributed by atoms with Gasteiger partial charge in [0.05, 0.1) is 67.0 Å². The van der Waals surface area contributed by atoms with Crippen LogP contribution in [0.1, 0.15) is 68.9 Å². The van der Waals surface area contributed by atoms with Gasteiger partial charge in [-0.25, -0.2) is 32.9 Å². The summed E-state index contributed by atoms with van der Waals surface area (Å²) in [6, 6.07) is 5.94. The Balaban J connectivity index is 0.673. The smallest absolute Gasteiger partial charge is 0.284 e. The van der Waals surface area contributed by atoms with Crippen LogP contribution < -0.4 is 25.8 Å². The topological polar surface area (TPSA) is 227 Å². The molecule has 9 heterocycles. The van der Waals surface area contributed by atoms with Crippen LogP contribution in [0.2, 0.25) is 0 Å². The molecule has 338 valence electrons. The molecule has 3 N–H and O–H groups in total. The highest BCUT2D eigenvalue weighted by atomic mass is 19.3. The van der Waals surface area contributed by atoms with E-state index in [4.69, 9.17) is 14.5 Å². The number of halogens is 2. The van der Waals surface area contributed by atoms with E-state index in [0.717, 1.165) is 37.4 Å². The zero-order valence-electron chi connectivity index (χ0n) is 34.9. The molecular weight excluding hydrogens is 851 g/mol. The van der Waals surface area contributed by atoms with Crippen molar-refractivity contribution in [1.82, 2.24) is 49.5 Å². The van der Waals surface area contributed by atoms with Gasteiger partial charge in [-0.3, -0.25) is 39.1 Å². The number of nitrogens with one attached hydrogen (secondary N) is 3. The highest BCUT2D eigenvalue weighted by molar-refractivity contribution is 6.25.